The monoisotopic (exact) mass is 508 g/mol. The number of nitrogens with zero attached hydrogens (tertiary/aromatic N) is 2. The maximum atomic E-state index is 13.7. The number of thiazole rings is 1. The number of nitrogens with two attached hydrogens (primary N) is 1. The lowest BCUT2D eigenvalue weighted by Crippen LogP contribution is -2.35. The van der Waals surface area contributed by atoms with E-state index in [9.17, 15) is 4.79 Å². The van der Waals surface area contributed by atoms with Crippen molar-refractivity contribution < 1.29 is 4.79 Å². The molecule has 0 saturated heterocycles. The number of carbonyl (C=O) groups is 1. The third kappa shape index (κ3) is 4.45. The Kier molecular flexibility index (Phi) is 5.78. The van der Waals surface area contributed by atoms with Crippen molar-refractivity contribution >= 4 is 49.2 Å². The van der Waals surface area contributed by atoms with Crippen LogP contribution in [0.25, 0.3) is 21.3 Å². The molecular weight excluding hydrogens is 484 g/mol. The molecule has 4 aromatic rings. The van der Waals surface area contributed by atoms with Gasteiger partial charge in [-0.15, -0.1) is 0 Å². The summed E-state index contributed by atoms with van der Waals surface area (Å²) in [7, 11) is 0. The third-order valence-electron chi connectivity index (χ3n) is 5.97. The summed E-state index contributed by atoms with van der Waals surface area (Å²) < 4.78 is 1.05. The number of carbonyl (C=O) groups excluding carboxylic acids is 1. The Balaban J connectivity index is 1.42. The topological polar surface area (TPSA) is 75.0 Å². The molecule has 5 rings (SSSR count). The molecule has 2 heterocycles. The maximum absolute atomic E-state index is 13.7. The highest BCUT2D eigenvalue weighted by Crippen LogP contribution is 2.35. The van der Waals surface area contributed by atoms with Gasteiger partial charge in [0.25, 0.3) is 5.91 Å². The molecule has 0 spiro atoms. The van der Waals surface area contributed by atoms with E-state index < -0.39 is 0 Å². The first kappa shape index (κ1) is 21.2. The Morgan fingerprint density at radius 2 is 2.12 bits per heavy atom. The number of rotatable bonds is 7. The smallest absolute Gasteiger partial charge is 0.274 e. The maximum Gasteiger partial charge on any atom is 0.274 e. The van der Waals surface area contributed by atoms with E-state index in [2.05, 4.69) is 50.3 Å². The molecular formula is C25H25BrN4OS. The molecule has 32 heavy (non-hydrogen) atoms. The van der Waals surface area contributed by atoms with Gasteiger partial charge in [-0.3, -0.25) is 4.79 Å². The van der Waals surface area contributed by atoms with Crippen molar-refractivity contribution in [1.29, 1.82) is 0 Å². The van der Waals surface area contributed by atoms with Gasteiger partial charge in [0.1, 0.15) is 5.69 Å². The lowest BCUT2D eigenvalue weighted by Gasteiger charge is -2.22. The Morgan fingerprint density at radius 3 is 2.91 bits per heavy atom. The van der Waals surface area contributed by atoms with E-state index in [0.29, 0.717) is 23.3 Å². The molecule has 7 heteroatoms. The van der Waals surface area contributed by atoms with Crippen molar-refractivity contribution in [3.05, 3.63) is 70.0 Å². The minimum atomic E-state index is -0.0256. The van der Waals surface area contributed by atoms with Crippen LogP contribution in [0.3, 0.4) is 0 Å². The van der Waals surface area contributed by atoms with Crippen LogP contribution in [-0.2, 0) is 6.42 Å². The fourth-order valence-corrected chi connectivity index (χ4v) is 5.30. The summed E-state index contributed by atoms with van der Waals surface area (Å²) in [6, 6.07) is 14.4. The van der Waals surface area contributed by atoms with Gasteiger partial charge in [-0.25, -0.2) is 4.98 Å². The molecule has 0 bridgehead atoms. The average Bonchev–Trinajstić information content (AvgIpc) is 3.38. The summed E-state index contributed by atoms with van der Waals surface area (Å²) in [6.45, 7) is 3.48. The van der Waals surface area contributed by atoms with Gasteiger partial charge < -0.3 is 15.6 Å². The zero-order valence-electron chi connectivity index (χ0n) is 17.9. The quantitative estimate of drug-likeness (QED) is 0.319. The number of hydrogen-bond acceptors (Lipinski definition) is 4. The zero-order valence-corrected chi connectivity index (χ0v) is 20.3. The van der Waals surface area contributed by atoms with Gasteiger partial charge in [-0.1, -0.05) is 57.1 Å². The Bertz CT molecular complexity index is 1290. The summed E-state index contributed by atoms with van der Waals surface area (Å²) in [5, 5.41) is 1.62. The van der Waals surface area contributed by atoms with Crippen LogP contribution in [0, 0.1) is 12.8 Å². The highest BCUT2D eigenvalue weighted by Gasteiger charge is 2.30. The first-order valence-electron chi connectivity index (χ1n) is 10.9. The van der Waals surface area contributed by atoms with Crippen LogP contribution in [0.2, 0.25) is 0 Å². The van der Waals surface area contributed by atoms with E-state index >= 15 is 0 Å². The van der Waals surface area contributed by atoms with E-state index in [1.807, 2.05) is 36.1 Å². The first-order chi connectivity index (χ1) is 15.5. The molecule has 0 atom stereocenters. The van der Waals surface area contributed by atoms with Crippen molar-refractivity contribution in [2.24, 2.45) is 5.92 Å². The van der Waals surface area contributed by atoms with Crippen LogP contribution in [0.4, 0.5) is 5.13 Å². The summed E-state index contributed by atoms with van der Waals surface area (Å²) in [5.74, 6) is 0.567. The third-order valence-corrected chi connectivity index (χ3v) is 7.40. The number of aromatic amines is 1. The van der Waals surface area contributed by atoms with E-state index in [1.54, 1.807) is 0 Å². The second-order valence-electron chi connectivity index (χ2n) is 8.55. The fraction of sp³-hybridized carbons (Fsp3) is 0.280. The number of nitrogens with one attached hydrogen (secondary N) is 1. The van der Waals surface area contributed by atoms with E-state index in [-0.39, 0.29) is 5.91 Å². The number of halogens is 1. The predicted octanol–water partition coefficient (Wildman–Crippen LogP) is 6.04. The minimum absolute atomic E-state index is 0.0256. The molecule has 0 unspecified atom stereocenters. The number of nitrogen functional groups attached to an aromatic ring is 1. The van der Waals surface area contributed by atoms with Crippen LogP contribution in [0.15, 0.2) is 53.1 Å². The zero-order chi connectivity index (χ0) is 22.2. The molecule has 1 aliphatic carbocycles. The Labute approximate surface area is 199 Å². The first-order valence-corrected chi connectivity index (χ1v) is 12.5. The highest BCUT2D eigenvalue weighted by atomic mass is 79.9. The summed E-state index contributed by atoms with van der Waals surface area (Å²) in [6.07, 6.45) is 5.21. The molecule has 0 aliphatic heterocycles. The Hall–Kier alpha value is -2.64. The molecule has 1 amide bonds. The molecule has 164 valence electrons. The molecule has 1 saturated carbocycles. The fourth-order valence-electron chi connectivity index (χ4n) is 4.11. The van der Waals surface area contributed by atoms with Crippen LogP contribution < -0.4 is 5.73 Å². The van der Waals surface area contributed by atoms with Gasteiger partial charge in [-0.05, 0) is 61.4 Å². The standard InChI is InChI=1S/C25H25BrN4OS/c1-15-3-2-4-17(11-15)23-22(29-25(27)32-23)24(31)30(14-16-5-6-16)10-9-18-13-28-21-8-7-19(26)12-20(18)21/h2-4,7-8,11-13,16,28H,5-6,9-10,14H2,1H3,(H2,27,29). The number of aromatic nitrogens is 2. The summed E-state index contributed by atoms with van der Waals surface area (Å²) in [5.41, 5.74) is 11.0. The van der Waals surface area contributed by atoms with Gasteiger partial charge >= 0.3 is 0 Å². The van der Waals surface area contributed by atoms with Crippen molar-refractivity contribution in [3.63, 3.8) is 0 Å². The molecule has 5 nitrogen and oxygen atoms in total. The number of benzene rings is 2. The number of amides is 1. The number of anilines is 1. The molecule has 2 aromatic carbocycles. The SMILES string of the molecule is Cc1cccc(-c2sc(N)nc2C(=O)N(CCc2c[nH]c3ccc(Br)cc23)CC2CC2)c1. The second-order valence-corrected chi connectivity index (χ2v) is 10.5. The average molecular weight is 509 g/mol. The lowest BCUT2D eigenvalue weighted by molar-refractivity contribution is 0.0745. The predicted molar refractivity (Wildman–Crippen MR) is 135 cm³/mol. The van der Waals surface area contributed by atoms with Crippen molar-refractivity contribution in [3.8, 4) is 10.4 Å². The highest BCUT2D eigenvalue weighted by molar-refractivity contribution is 9.10. The molecule has 0 radical (unpaired) electrons. The van der Waals surface area contributed by atoms with E-state index in [0.717, 1.165) is 39.0 Å². The van der Waals surface area contributed by atoms with Crippen LogP contribution in [-0.4, -0.2) is 33.9 Å². The summed E-state index contributed by atoms with van der Waals surface area (Å²) in [4.78, 5) is 24.3. The van der Waals surface area contributed by atoms with Crippen LogP contribution in [0.1, 0.15) is 34.5 Å². The molecule has 1 fully saturated rings. The number of hydrogen-bond donors (Lipinski definition) is 2. The second kappa shape index (κ2) is 8.71. The van der Waals surface area contributed by atoms with Crippen LogP contribution >= 0.6 is 27.3 Å². The Morgan fingerprint density at radius 1 is 1.28 bits per heavy atom. The summed E-state index contributed by atoms with van der Waals surface area (Å²) >= 11 is 4.95. The van der Waals surface area contributed by atoms with Crippen molar-refractivity contribution in [2.45, 2.75) is 26.2 Å². The van der Waals surface area contributed by atoms with Gasteiger partial charge in [0.05, 0.1) is 4.88 Å². The largest absolute Gasteiger partial charge is 0.375 e. The number of H-pyrrole nitrogens is 1. The van der Waals surface area contributed by atoms with Crippen molar-refractivity contribution in [2.75, 3.05) is 18.8 Å². The normalized spacial score (nSPS) is 13.6. The van der Waals surface area contributed by atoms with E-state index in [1.165, 1.54) is 35.1 Å². The molecule has 1 aliphatic rings. The van der Waals surface area contributed by atoms with Gasteiger partial charge in [0, 0.05) is 34.7 Å². The molecule has 3 N–H and O–H groups in total. The van der Waals surface area contributed by atoms with Gasteiger partial charge in [0.2, 0.25) is 0 Å². The number of fused-ring (bicyclic) bond motifs is 1. The number of aryl methyl sites for hydroxylation is 1. The van der Waals surface area contributed by atoms with Crippen LogP contribution in [0.5, 0.6) is 0 Å². The van der Waals surface area contributed by atoms with Gasteiger partial charge in [-0.2, -0.15) is 0 Å². The van der Waals surface area contributed by atoms with Crippen molar-refractivity contribution in [1.82, 2.24) is 14.9 Å². The van der Waals surface area contributed by atoms with E-state index in [4.69, 9.17) is 5.73 Å². The van der Waals surface area contributed by atoms with Gasteiger partial charge in [0.15, 0.2) is 5.13 Å². The molecule has 2 aromatic heterocycles. The lowest BCUT2D eigenvalue weighted by atomic mass is 10.1. The minimum Gasteiger partial charge on any atom is -0.375 e.